The number of ether oxygens (including phenoxy) is 3. The van der Waals surface area contributed by atoms with Gasteiger partial charge in [-0.1, -0.05) is 0 Å². The van der Waals surface area contributed by atoms with E-state index in [1.165, 1.54) is 0 Å². The molecule has 0 bridgehead atoms. The van der Waals surface area contributed by atoms with E-state index in [2.05, 4.69) is 0 Å². The molecular weight excluding hydrogens is 234 g/mol. The van der Waals surface area contributed by atoms with Crippen LogP contribution in [0.4, 0.5) is 0 Å². The second kappa shape index (κ2) is 5.55. The molecule has 0 unspecified atom stereocenters. The monoisotopic (exact) mass is 257 g/mol. The lowest BCUT2D eigenvalue weighted by atomic mass is 9.70. The average molecular weight is 257 g/mol. The number of carbonyl (C=O) groups excluding carboxylic acids is 1. The zero-order valence-corrected chi connectivity index (χ0v) is 11.1. The molecule has 5 heteroatoms. The number of carbonyl (C=O) groups is 1. The van der Waals surface area contributed by atoms with Crippen LogP contribution in [0.25, 0.3) is 0 Å². The van der Waals surface area contributed by atoms with Crippen LogP contribution in [0.15, 0.2) is 0 Å². The number of hydrogen-bond donors (Lipinski definition) is 1. The standard InChI is InChI=1S/C13H23NO4/c1-2-16-11(15)12(7-8-14)3-5-13(6-4-12)17-9-10-18-13/h2-10,14H2,1H3. The molecular formula is C13H23NO4. The molecule has 5 nitrogen and oxygen atoms in total. The van der Waals surface area contributed by atoms with E-state index in [4.69, 9.17) is 19.9 Å². The van der Waals surface area contributed by atoms with Crippen molar-refractivity contribution in [2.24, 2.45) is 11.1 Å². The maximum atomic E-state index is 12.2. The van der Waals surface area contributed by atoms with Crippen molar-refractivity contribution in [3.8, 4) is 0 Å². The molecule has 0 radical (unpaired) electrons. The van der Waals surface area contributed by atoms with E-state index in [1.807, 2.05) is 6.92 Å². The van der Waals surface area contributed by atoms with Crippen LogP contribution in [0.2, 0.25) is 0 Å². The van der Waals surface area contributed by atoms with Crippen LogP contribution < -0.4 is 5.73 Å². The van der Waals surface area contributed by atoms with Crippen molar-refractivity contribution in [2.75, 3.05) is 26.4 Å². The summed E-state index contributed by atoms with van der Waals surface area (Å²) in [4.78, 5) is 12.2. The Morgan fingerprint density at radius 2 is 1.83 bits per heavy atom. The van der Waals surface area contributed by atoms with Crippen LogP contribution >= 0.6 is 0 Å². The van der Waals surface area contributed by atoms with Crippen molar-refractivity contribution in [1.82, 2.24) is 0 Å². The Morgan fingerprint density at radius 1 is 1.22 bits per heavy atom. The lowest BCUT2D eigenvalue weighted by Gasteiger charge is -2.41. The van der Waals surface area contributed by atoms with Crippen molar-refractivity contribution >= 4 is 5.97 Å². The zero-order valence-electron chi connectivity index (χ0n) is 11.1. The number of esters is 1. The van der Waals surface area contributed by atoms with Gasteiger partial charge in [0, 0.05) is 12.8 Å². The maximum Gasteiger partial charge on any atom is 0.312 e. The summed E-state index contributed by atoms with van der Waals surface area (Å²) < 4.78 is 16.6. The Morgan fingerprint density at radius 3 is 2.33 bits per heavy atom. The maximum absolute atomic E-state index is 12.2. The minimum Gasteiger partial charge on any atom is -0.466 e. The number of nitrogens with two attached hydrogens (primary N) is 1. The van der Waals surface area contributed by atoms with Crippen molar-refractivity contribution in [2.45, 2.75) is 44.8 Å². The highest BCUT2D eigenvalue weighted by molar-refractivity contribution is 5.77. The SMILES string of the molecule is CCOC(=O)C1(CCN)CCC2(CC1)OCCO2. The number of rotatable bonds is 4. The zero-order chi connectivity index (χ0) is 13.1. The molecule has 2 N–H and O–H groups in total. The van der Waals surface area contributed by atoms with Crippen molar-refractivity contribution in [3.05, 3.63) is 0 Å². The van der Waals surface area contributed by atoms with Crippen LogP contribution in [-0.2, 0) is 19.0 Å². The molecule has 0 aromatic rings. The summed E-state index contributed by atoms with van der Waals surface area (Å²) in [5, 5.41) is 0. The summed E-state index contributed by atoms with van der Waals surface area (Å²) in [5.74, 6) is -0.548. The molecule has 2 fully saturated rings. The van der Waals surface area contributed by atoms with Crippen LogP contribution in [0.3, 0.4) is 0 Å². The molecule has 1 saturated heterocycles. The van der Waals surface area contributed by atoms with Crippen LogP contribution in [0, 0.1) is 5.41 Å². The van der Waals surface area contributed by atoms with Gasteiger partial charge in [0.2, 0.25) is 0 Å². The van der Waals surface area contributed by atoms with Crippen LogP contribution in [-0.4, -0.2) is 38.1 Å². The minimum atomic E-state index is -0.440. The third-order valence-corrected chi connectivity index (χ3v) is 4.11. The molecule has 1 spiro atoms. The second-order valence-corrected chi connectivity index (χ2v) is 5.15. The summed E-state index contributed by atoms with van der Waals surface area (Å²) in [6, 6.07) is 0. The molecule has 0 amide bonds. The Hall–Kier alpha value is -0.650. The highest BCUT2D eigenvalue weighted by Crippen LogP contribution is 2.47. The van der Waals surface area contributed by atoms with Crippen LogP contribution in [0.5, 0.6) is 0 Å². The fraction of sp³-hybridized carbons (Fsp3) is 0.923. The van der Waals surface area contributed by atoms with E-state index in [0.717, 1.165) is 25.7 Å². The normalized spacial score (nSPS) is 25.2. The Bertz CT molecular complexity index is 289. The van der Waals surface area contributed by atoms with Gasteiger partial charge in [0.25, 0.3) is 0 Å². The van der Waals surface area contributed by atoms with E-state index in [-0.39, 0.29) is 5.97 Å². The molecule has 1 aliphatic carbocycles. The molecule has 0 atom stereocenters. The van der Waals surface area contributed by atoms with Gasteiger partial charge in [-0.2, -0.15) is 0 Å². The summed E-state index contributed by atoms with van der Waals surface area (Å²) in [7, 11) is 0. The fourth-order valence-electron chi connectivity index (χ4n) is 3.01. The minimum absolute atomic E-state index is 0.108. The highest BCUT2D eigenvalue weighted by Gasteiger charge is 2.50. The van der Waals surface area contributed by atoms with Gasteiger partial charge in [-0.15, -0.1) is 0 Å². The largest absolute Gasteiger partial charge is 0.466 e. The van der Waals surface area contributed by atoms with E-state index >= 15 is 0 Å². The molecule has 2 aliphatic rings. The molecule has 104 valence electrons. The van der Waals surface area contributed by atoms with E-state index < -0.39 is 11.2 Å². The summed E-state index contributed by atoms with van der Waals surface area (Å²) in [6.07, 6.45) is 3.67. The first kappa shape index (κ1) is 13.8. The Labute approximate surface area is 108 Å². The smallest absolute Gasteiger partial charge is 0.312 e. The van der Waals surface area contributed by atoms with E-state index in [0.29, 0.717) is 32.8 Å². The first-order chi connectivity index (χ1) is 8.66. The molecule has 1 aliphatic heterocycles. The summed E-state index contributed by atoms with van der Waals surface area (Å²) in [5.41, 5.74) is 5.23. The summed E-state index contributed by atoms with van der Waals surface area (Å²) in [6.45, 7) is 4.07. The summed E-state index contributed by atoms with van der Waals surface area (Å²) >= 11 is 0. The Kier molecular flexibility index (Phi) is 4.25. The van der Waals surface area contributed by atoms with Crippen molar-refractivity contribution < 1.29 is 19.0 Å². The molecule has 2 rings (SSSR count). The fourth-order valence-corrected chi connectivity index (χ4v) is 3.01. The number of hydrogen-bond acceptors (Lipinski definition) is 5. The van der Waals surface area contributed by atoms with Gasteiger partial charge in [-0.3, -0.25) is 4.79 Å². The second-order valence-electron chi connectivity index (χ2n) is 5.15. The molecule has 0 aromatic carbocycles. The van der Waals surface area contributed by atoms with Gasteiger partial charge in [0.15, 0.2) is 5.79 Å². The predicted molar refractivity (Wildman–Crippen MR) is 65.8 cm³/mol. The average Bonchev–Trinajstić information content (AvgIpc) is 2.82. The van der Waals surface area contributed by atoms with Gasteiger partial charge in [-0.05, 0) is 32.7 Å². The Balaban J connectivity index is 2.02. The first-order valence-corrected chi connectivity index (χ1v) is 6.82. The van der Waals surface area contributed by atoms with Crippen molar-refractivity contribution in [3.63, 3.8) is 0 Å². The van der Waals surface area contributed by atoms with Crippen molar-refractivity contribution in [1.29, 1.82) is 0 Å². The third kappa shape index (κ3) is 2.53. The topological polar surface area (TPSA) is 70.8 Å². The van der Waals surface area contributed by atoms with Gasteiger partial charge in [-0.25, -0.2) is 0 Å². The first-order valence-electron chi connectivity index (χ1n) is 6.82. The predicted octanol–water partition coefficient (Wildman–Crippen LogP) is 1.20. The highest BCUT2D eigenvalue weighted by atomic mass is 16.7. The molecule has 1 saturated carbocycles. The van der Waals surface area contributed by atoms with Gasteiger partial charge >= 0.3 is 5.97 Å². The van der Waals surface area contributed by atoms with E-state index in [9.17, 15) is 4.79 Å². The molecule has 18 heavy (non-hydrogen) atoms. The third-order valence-electron chi connectivity index (χ3n) is 4.11. The van der Waals surface area contributed by atoms with E-state index in [1.54, 1.807) is 0 Å². The van der Waals surface area contributed by atoms with Gasteiger partial charge in [0.1, 0.15) is 0 Å². The molecule has 1 heterocycles. The van der Waals surface area contributed by atoms with Gasteiger partial charge in [0.05, 0.1) is 25.2 Å². The van der Waals surface area contributed by atoms with Crippen LogP contribution in [0.1, 0.15) is 39.0 Å². The molecule has 0 aromatic heterocycles. The quantitative estimate of drug-likeness (QED) is 0.766. The van der Waals surface area contributed by atoms with Gasteiger partial charge < -0.3 is 19.9 Å². The lowest BCUT2D eigenvalue weighted by Crippen LogP contribution is -2.45. The lowest BCUT2D eigenvalue weighted by molar-refractivity contribution is -0.199.